The smallest absolute Gasteiger partial charge is 0.371 e. The lowest BCUT2D eigenvalue weighted by Gasteiger charge is -2.18. The molecule has 0 saturated carbocycles. The zero-order valence-electron chi connectivity index (χ0n) is 21.0. The highest BCUT2D eigenvalue weighted by Gasteiger charge is 2.18. The highest BCUT2D eigenvalue weighted by Crippen LogP contribution is 2.36. The van der Waals surface area contributed by atoms with E-state index in [1.807, 2.05) is 30.3 Å². The van der Waals surface area contributed by atoms with Crippen LogP contribution in [-0.4, -0.2) is 22.5 Å². The highest BCUT2D eigenvalue weighted by atomic mass is 31.2. The molecule has 0 aromatic heterocycles. The molecule has 0 amide bonds. The predicted molar refractivity (Wildman–Crippen MR) is 137 cm³/mol. The summed E-state index contributed by atoms with van der Waals surface area (Å²) in [5, 5.41) is 0. The molecule has 1 aromatic rings. The van der Waals surface area contributed by atoms with Gasteiger partial charge in [-0.1, -0.05) is 140 Å². The Morgan fingerprint density at radius 3 is 1.64 bits per heavy atom. The first-order valence-corrected chi connectivity index (χ1v) is 14.9. The lowest BCUT2D eigenvalue weighted by Crippen LogP contribution is -2.19. The standard InChI is InChI=1S/C27H49O5P/c1-2-3-4-5-6-7-8-9-10-11-12-13-14-15-16-20-23-27(25-32-33(28,29)30)31-24-26-21-18-17-19-22-26/h17-19,21-22,27H,2-16,20,23-25H2,1H3,(H2,28,29,30)/t27-/m0/s1. The molecule has 0 unspecified atom stereocenters. The van der Waals surface area contributed by atoms with Gasteiger partial charge in [-0.3, -0.25) is 4.52 Å². The minimum absolute atomic E-state index is 0.0736. The van der Waals surface area contributed by atoms with Crippen molar-refractivity contribution in [1.29, 1.82) is 0 Å². The third kappa shape index (κ3) is 20.4. The fraction of sp³-hybridized carbons (Fsp3) is 0.778. The molecule has 1 atom stereocenters. The molecular formula is C27H49O5P. The van der Waals surface area contributed by atoms with Crippen molar-refractivity contribution in [3.8, 4) is 0 Å². The van der Waals surface area contributed by atoms with Crippen LogP contribution < -0.4 is 0 Å². The molecule has 6 heteroatoms. The molecule has 0 aliphatic carbocycles. The van der Waals surface area contributed by atoms with Gasteiger partial charge in [-0.15, -0.1) is 0 Å². The second-order valence-electron chi connectivity index (χ2n) is 9.30. The van der Waals surface area contributed by atoms with Gasteiger partial charge in [0.2, 0.25) is 0 Å². The zero-order chi connectivity index (χ0) is 24.0. The molecule has 0 heterocycles. The van der Waals surface area contributed by atoms with E-state index in [1.165, 1.54) is 89.9 Å². The Kier molecular flexibility index (Phi) is 19.0. The quantitative estimate of drug-likeness (QED) is 0.121. The summed E-state index contributed by atoms with van der Waals surface area (Å²) in [4.78, 5) is 18.0. The van der Waals surface area contributed by atoms with E-state index < -0.39 is 7.82 Å². The van der Waals surface area contributed by atoms with Gasteiger partial charge < -0.3 is 14.5 Å². The maximum absolute atomic E-state index is 11.1. The summed E-state index contributed by atoms with van der Waals surface area (Å²) in [6, 6.07) is 9.82. The summed E-state index contributed by atoms with van der Waals surface area (Å²) in [6.45, 7) is 2.62. The van der Waals surface area contributed by atoms with Crippen molar-refractivity contribution in [3.63, 3.8) is 0 Å². The van der Waals surface area contributed by atoms with Crippen molar-refractivity contribution < 1.29 is 23.6 Å². The maximum Gasteiger partial charge on any atom is 0.469 e. The number of unbranched alkanes of at least 4 members (excludes halogenated alkanes) is 15. The van der Waals surface area contributed by atoms with Gasteiger partial charge in [-0.05, 0) is 12.0 Å². The van der Waals surface area contributed by atoms with Crippen molar-refractivity contribution in [2.24, 2.45) is 0 Å². The Morgan fingerprint density at radius 2 is 1.18 bits per heavy atom. The molecule has 0 bridgehead atoms. The van der Waals surface area contributed by atoms with Crippen molar-refractivity contribution in [3.05, 3.63) is 35.9 Å². The second-order valence-corrected chi connectivity index (χ2v) is 10.5. The van der Waals surface area contributed by atoms with Crippen molar-refractivity contribution in [2.45, 2.75) is 129 Å². The van der Waals surface area contributed by atoms with Crippen LogP contribution in [0, 0.1) is 0 Å². The van der Waals surface area contributed by atoms with E-state index in [9.17, 15) is 4.57 Å². The summed E-state index contributed by atoms with van der Waals surface area (Å²) in [6.07, 6.45) is 21.7. The number of benzene rings is 1. The van der Waals surface area contributed by atoms with E-state index >= 15 is 0 Å². The third-order valence-electron chi connectivity index (χ3n) is 6.14. The van der Waals surface area contributed by atoms with Crippen LogP contribution in [0.15, 0.2) is 30.3 Å². The minimum atomic E-state index is -4.47. The molecule has 1 rings (SSSR count). The minimum Gasteiger partial charge on any atom is -0.371 e. The number of phosphoric ester groups is 1. The molecular weight excluding hydrogens is 435 g/mol. The summed E-state index contributed by atoms with van der Waals surface area (Å²) >= 11 is 0. The van der Waals surface area contributed by atoms with Crippen LogP contribution >= 0.6 is 7.82 Å². The van der Waals surface area contributed by atoms with Gasteiger partial charge in [0.05, 0.1) is 19.3 Å². The summed E-state index contributed by atoms with van der Waals surface area (Å²) < 4.78 is 21.6. The van der Waals surface area contributed by atoms with Crippen LogP contribution in [-0.2, 0) is 20.4 Å². The van der Waals surface area contributed by atoms with E-state index in [0.29, 0.717) is 6.61 Å². The fourth-order valence-electron chi connectivity index (χ4n) is 4.10. The highest BCUT2D eigenvalue weighted by molar-refractivity contribution is 7.46. The lowest BCUT2D eigenvalue weighted by atomic mass is 10.0. The van der Waals surface area contributed by atoms with Gasteiger partial charge in [0, 0.05) is 0 Å². The largest absolute Gasteiger partial charge is 0.469 e. The number of hydrogen-bond donors (Lipinski definition) is 2. The fourth-order valence-corrected chi connectivity index (χ4v) is 4.46. The van der Waals surface area contributed by atoms with E-state index in [0.717, 1.165) is 24.8 Å². The Balaban J connectivity index is 2.00. The maximum atomic E-state index is 11.1. The van der Waals surface area contributed by atoms with Gasteiger partial charge in [0.25, 0.3) is 0 Å². The topological polar surface area (TPSA) is 76.0 Å². The number of phosphoric acid groups is 1. The van der Waals surface area contributed by atoms with Crippen LogP contribution in [0.5, 0.6) is 0 Å². The first kappa shape index (κ1) is 30.3. The molecule has 2 N–H and O–H groups in total. The molecule has 0 radical (unpaired) electrons. The molecule has 1 aromatic carbocycles. The average molecular weight is 485 g/mol. The molecule has 0 aliphatic heterocycles. The van der Waals surface area contributed by atoms with Gasteiger partial charge in [-0.25, -0.2) is 4.57 Å². The molecule has 0 spiro atoms. The van der Waals surface area contributed by atoms with Gasteiger partial charge in [0.1, 0.15) is 0 Å². The van der Waals surface area contributed by atoms with Gasteiger partial charge in [0.15, 0.2) is 0 Å². The van der Waals surface area contributed by atoms with Crippen molar-refractivity contribution in [1.82, 2.24) is 0 Å². The van der Waals surface area contributed by atoms with E-state index in [-0.39, 0.29) is 12.7 Å². The Morgan fingerprint density at radius 1 is 0.727 bits per heavy atom. The first-order valence-electron chi connectivity index (χ1n) is 13.4. The molecule has 0 aliphatic rings. The predicted octanol–water partition coefficient (Wildman–Crippen LogP) is 8.33. The zero-order valence-corrected chi connectivity index (χ0v) is 21.9. The Labute approximate surface area is 202 Å². The van der Waals surface area contributed by atoms with Crippen molar-refractivity contribution in [2.75, 3.05) is 6.61 Å². The third-order valence-corrected chi connectivity index (χ3v) is 6.62. The molecule has 5 nitrogen and oxygen atoms in total. The molecule has 192 valence electrons. The lowest BCUT2D eigenvalue weighted by molar-refractivity contribution is -0.00375. The Hall–Kier alpha value is -0.710. The monoisotopic (exact) mass is 484 g/mol. The van der Waals surface area contributed by atoms with Gasteiger partial charge >= 0.3 is 7.82 Å². The number of hydrogen-bond acceptors (Lipinski definition) is 3. The Bertz CT molecular complexity index is 589. The van der Waals surface area contributed by atoms with E-state index in [1.54, 1.807) is 0 Å². The molecule has 0 fully saturated rings. The van der Waals surface area contributed by atoms with E-state index in [2.05, 4.69) is 6.92 Å². The van der Waals surface area contributed by atoms with Crippen molar-refractivity contribution >= 4 is 7.82 Å². The normalized spacial score (nSPS) is 12.8. The summed E-state index contributed by atoms with van der Waals surface area (Å²) in [5.74, 6) is 0. The SMILES string of the molecule is CCCCCCCCCCCCCCCCCC[C@@H](COP(=O)(O)O)OCc1ccccc1. The van der Waals surface area contributed by atoms with Crippen LogP contribution in [0.1, 0.15) is 122 Å². The average Bonchev–Trinajstić information content (AvgIpc) is 2.80. The summed E-state index contributed by atoms with van der Waals surface area (Å²) in [5.41, 5.74) is 1.05. The van der Waals surface area contributed by atoms with E-state index in [4.69, 9.17) is 19.0 Å². The number of rotatable bonds is 23. The molecule has 33 heavy (non-hydrogen) atoms. The number of ether oxygens (including phenoxy) is 1. The van der Waals surface area contributed by atoms with Gasteiger partial charge in [-0.2, -0.15) is 0 Å². The van der Waals surface area contributed by atoms with Crippen LogP contribution in [0.25, 0.3) is 0 Å². The molecule has 0 saturated heterocycles. The van der Waals surface area contributed by atoms with Crippen LogP contribution in [0.4, 0.5) is 0 Å². The second kappa shape index (κ2) is 20.6. The van der Waals surface area contributed by atoms with Crippen LogP contribution in [0.3, 0.4) is 0 Å². The summed E-state index contributed by atoms with van der Waals surface area (Å²) in [7, 11) is -4.47. The first-order chi connectivity index (χ1) is 16.0. The van der Waals surface area contributed by atoms with Crippen LogP contribution in [0.2, 0.25) is 0 Å².